The van der Waals surface area contributed by atoms with Gasteiger partial charge in [0.25, 0.3) is 0 Å². The molecule has 0 aromatic heterocycles. The number of rotatable bonds is 6. The molecule has 2 heterocycles. The van der Waals surface area contributed by atoms with Crippen molar-refractivity contribution in [3.05, 3.63) is 0 Å². The second-order valence-corrected chi connectivity index (χ2v) is 10.4. The largest absolute Gasteiger partial charge is 0.353 e. The predicted octanol–water partition coefficient (Wildman–Crippen LogP) is 4.56. The minimum atomic E-state index is 0.440. The lowest BCUT2D eigenvalue weighted by Crippen LogP contribution is -2.35. The van der Waals surface area contributed by atoms with Crippen molar-refractivity contribution in [3.63, 3.8) is 0 Å². The molecule has 2 radical (unpaired) electrons. The molecule has 0 aromatic rings. The van der Waals surface area contributed by atoms with E-state index in [2.05, 4.69) is 44.8 Å². The highest BCUT2D eigenvalue weighted by molar-refractivity contribution is 7.77. The number of hydrogen-bond acceptors (Lipinski definition) is 3. The Kier molecular flexibility index (Phi) is 6.96. The van der Waals surface area contributed by atoms with E-state index >= 15 is 0 Å². The Morgan fingerprint density at radius 2 is 1.22 bits per heavy atom. The summed E-state index contributed by atoms with van der Waals surface area (Å²) in [6.45, 7) is 14.4. The SMILES string of the molecule is [B]N1CCC(CC(C)(C)CC(C)(C)CC2CCN(S)CC2)CC1. The van der Waals surface area contributed by atoms with Gasteiger partial charge in [0.05, 0.1) is 0 Å². The van der Waals surface area contributed by atoms with Crippen LogP contribution in [0.3, 0.4) is 0 Å². The van der Waals surface area contributed by atoms with E-state index in [1.807, 2.05) is 4.81 Å². The van der Waals surface area contributed by atoms with Gasteiger partial charge in [-0.25, -0.2) is 0 Å². The Morgan fingerprint density at radius 1 is 0.826 bits per heavy atom. The summed E-state index contributed by atoms with van der Waals surface area (Å²) in [6, 6.07) is 0. The number of piperidine rings is 2. The molecule has 2 aliphatic heterocycles. The standard InChI is InChI=1S/C19H37BN2S/c1-18(2,13-16-5-9-21(20)10-6-16)15-19(3,4)14-17-7-11-22(23)12-8-17/h16-17,23H,5-15H2,1-4H3. The van der Waals surface area contributed by atoms with E-state index in [-0.39, 0.29) is 0 Å². The van der Waals surface area contributed by atoms with Crippen LogP contribution >= 0.6 is 12.8 Å². The molecule has 2 rings (SSSR count). The van der Waals surface area contributed by atoms with Crippen molar-refractivity contribution in [2.75, 3.05) is 26.2 Å². The van der Waals surface area contributed by atoms with Gasteiger partial charge < -0.3 is 4.81 Å². The smallest absolute Gasteiger partial charge is 0.182 e. The minimum Gasteiger partial charge on any atom is -0.353 e. The van der Waals surface area contributed by atoms with Gasteiger partial charge in [0.1, 0.15) is 0 Å². The summed E-state index contributed by atoms with van der Waals surface area (Å²) in [5, 5.41) is 0. The summed E-state index contributed by atoms with van der Waals surface area (Å²) in [5.74, 6) is 1.76. The molecule has 4 heteroatoms. The van der Waals surface area contributed by atoms with Crippen molar-refractivity contribution < 1.29 is 0 Å². The van der Waals surface area contributed by atoms with Crippen LogP contribution in [0.25, 0.3) is 0 Å². The Balaban J connectivity index is 1.80. The first-order valence-corrected chi connectivity index (χ1v) is 9.99. The van der Waals surface area contributed by atoms with Gasteiger partial charge >= 0.3 is 0 Å². The van der Waals surface area contributed by atoms with Gasteiger partial charge in [0.2, 0.25) is 0 Å². The van der Waals surface area contributed by atoms with Crippen LogP contribution in [0.5, 0.6) is 0 Å². The van der Waals surface area contributed by atoms with Crippen LogP contribution in [0, 0.1) is 22.7 Å². The van der Waals surface area contributed by atoms with Crippen molar-refractivity contribution in [2.45, 2.75) is 72.6 Å². The molecule has 0 spiro atoms. The van der Waals surface area contributed by atoms with Crippen LogP contribution in [0.4, 0.5) is 0 Å². The van der Waals surface area contributed by atoms with Crippen molar-refractivity contribution in [2.24, 2.45) is 22.7 Å². The Morgan fingerprint density at radius 3 is 1.65 bits per heavy atom. The average molecular weight is 336 g/mol. The minimum absolute atomic E-state index is 0.440. The Hall–Kier alpha value is 0.335. The van der Waals surface area contributed by atoms with E-state index in [1.54, 1.807) is 0 Å². The zero-order valence-corrected chi connectivity index (χ0v) is 16.7. The average Bonchev–Trinajstić information content (AvgIpc) is 2.42. The van der Waals surface area contributed by atoms with Crippen molar-refractivity contribution in [1.29, 1.82) is 0 Å². The second-order valence-electron chi connectivity index (χ2n) is 9.79. The van der Waals surface area contributed by atoms with E-state index in [4.69, 9.17) is 7.98 Å². The van der Waals surface area contributed by atoms with Gasteiger partial charge in [0.15, 0.2) is 7.98 Å². The van der Waals surface area contributed by atoms with Crippen LogP contribution in [0.15, 0.2) is 0 Å². The van der Waals surface area contributed by atoms with Gasteiger partial charge in [0, 0.05) is 13.1 Å². The molecule has 2 nitrogen and oxygen atoms in total. The lowest BCUT2D eigenvalue weighted by atomic mass is 9.66. The van der Waals surface area contributed by atoms with Crippen LogP contribution < -0.4 is 0 Å². The molecule has 0 atom stereocenters. The van der Waals surface area contributed by atoms with E-state index in [1.165, 1.54) is 44.9 Å². The Labute approximate surface area is 151 Å². The van der Waals surface area contributed by atoms with Gasteiger partial charge in [-0.3, -0.25) is 4.31 Å². The van der Waals surface area contributed by atoms with E-state index in [0.717, 1.165) is 38.0 Å². The summed E-state index contributed by atoms with van der Waals surface area (Å²) in [6.07, 6.45) is 9.27. The van der Waals surface area contributed by atoms with Crippen LogP contribution in [-0.4, -0.2) is 43.3 Å². The third kappa shape index (κ3) is 7.00. The van der Waals surface area contributed by atoms with Crippen LogP contribution in [-0.2, 0) is 0 Å². The zero-order chi connectivity index (χ0) is 17.1. The normalized spacial score (nSPS) is 24.2. The molecule has 2 saturated heterocycles. The molecule has 0 amide bonds. The molecule has 0 unspecified atom stereocenters. The number of nitrogens with zero attached hydrogens (tertiary/aromatic N) is 2. The highest BCUT2D eigenvalue weighted by Crippen LogP contribution is 2.44. The first-order chi connectivity index (χ1) is 10.7. The number of hydrogen-bond donors (Lipinski definition) is 1. The summed E-state index contributed by atoms with van der Waals surface area (Å²) in [4.78, 5) is 1.99. The third-order valence-corrected chi connectivity index (χ3v) is 6.28. The van der Waals surface area contributed by atoms with Gasteiger partial charge in [-0.15, -0.1) is 0 Å². The summed E-state index contributed by atoms with van der Waals surface area (Å²) >= 11 is 4.48. The van der Waals surface area contributed by atoms with E-state index in [0.29, 0.717) is 10.8 Å². The fraction of sp³-hybridized carbons (Fsp3) is 1.00. The lowest BCUT2D eigenvalue weighted by molar-refractivity contribution is 0.107. The highest BCUT2D eigenvalue weighted by Gasteiger charge is 2.34. The quantitative estimate of drug-likeness (QED) is 0.561. The fourth-order valence-corrected chi connectivity index (χ4v) is 5.51. The molecule has 132 valence electrons. The van der Waals surface area contributed by atoms with E-state index in [9.17, 15) is 0 Å². The molecular formula is C19H37BN2S. The molecule has 0 aromatic carbocycles. The molecule has 2 fully saturated rings. The summed E-state index contributed by atoms with van der Waals surface area (Å²) in [7, 11) is 5.90. The molecular weight excluding hydrogens is 299 g/mol. The van der Waals surface area contributed by atoms with Crippen molar-refractivity contribution in [3.8, 4) is 0 Å². The van der Waals surface area contributed by atoms with Gasteiger partial charge in [-0.1, -0.05) is 40.5 Å². The zero-order valence-electron chi connectivity index (χ0n) is 15.9. The Bertz CT molecular complexity index is 322. The van der Waals surface area contributed by atoms with Gasteiger partial charge in [-0.05, 0) is 80.7 Å². The molecule has 0 saturated carbocycles. The summed E-state index contributed by atoms with van der Waals surface area (Å²) in [5.41, 5.74) is 0.886. The molecule has 0 bridgehead atoms. The predicted molar refractivity (Wildman–Crippen MR) is 105 cm³/mol. The monoisotopic (exact) mass is 336 g/mol. The fourth-order valence-electron chi connectivity index (χ4n) is 5.28. The number of thiol groups is 1. The molecule has 23 heavy (non-hydrogen) atoms. The molecule has 2 aliphatic rings. The van der Waals surface area contributed by atoms with Gasteiger partial charge in [-0.2, -0.15) is 0 Å². The van der Waals surface area contributed by atoms with Crippen molar-refractivity contribution in [1.82, 2.24) is 9.12 Å². The summed E-state index contributed by atoms with van der Waals surface area (Å²) < 4.78 is 2.18. The maximum atomic E-state index is 5.90. The first kappa shape index (κ1) is 19.7. The topological polar surface area (TPSA) is 6.48 Å². The lowest BCUT2D eigenvalue weighted by Gasteiger charge is -2.41. The van der Waals surface area contributed by atoms with E-state index < -0.39 is 0 Å². The van der Waals surface area contributed by atoms with Crippen LogP contribution in [0.1, 0.15) is 72.6 Å². The maximum Gasteiger partial charge on any atom is 0.182 e. The van der Waals surface area contributed by atoms with Crippen LogP contribution in [0.2, 0.25) is 0 Å². The van der Waals surface area contributed by atoms with Crippen molar-refractivity contribution >= 4 is 20.8 Å². The third-order valence-electron chi connectivity index (χ3n) is 5.88. The maximum absolute atomic E-state index is 5.90. The molecule has 0 aliphatic carbocycles. The highest BCUT2D eigenvalue weighted by atomic mass is 32.1. The first-order valence-electron chi connectivity index (χ1n) is 9.59. The molecule has 0 N–H and O–H groups in total. The second kappa shape index (κ2) is 8.14.